The van der Waals surface area contributed by atoms with Gasteiger partial charge in [-0.2, -0.15) is 0 Å². The molecule has 0 aliphatic carbocycles. The Morgan fingerprint density at radius 1 is 1.45 bits per heavy atom. The van der Waals surface area contributed by atoms with Gasteiger partial charge in [0.15, 0.2) is 5.78 Å². The number of carbonyl (C=O) groups excluding carboxylic acids is 1. The van der Waals surface area contributed by atoms with E-state index in [1.165, 1.54) is 6.26 Å². The topological polar surface area (TPSA) is 88.5 Å². The van der Waals surface area contributed by atoms with Crippen molar-refractivity contribution in [2.75, 3.05) is 18.8 Å². The molecule has 0 radical (unpaired) electrons. The van der Waals surface area contributed by atoms with Gasteiger partial charge in [-0.3, -0.25) is 4.79 Å². The number of nitrogen functional groups attached to an aromatic ring is 1. The molecule has 3 rings (SSSR count). The molecular formula is C16H19ClN2O3. The number of nitrogens with one attached hydrogen (secondary N) is 1. The molecule has 118 valence electrons. The molecule has 1 aliphatic heterocycles. The molecule has 2 aromatic rings. The molecule has 0 unspecified atom stereocenters. The Bertz CT molecular complexity index is 705. The van der Waals surface area contributed by atoms with Gasteiger partial charge in [0.2, 0.25) is 0 Å². The number of hydrogen-bond acceptors (Lipinski definition) is 5. The van der Waals surface area contributed by atoms with Gasteiger partial charge in [-0.15, -0.1) is 0 Å². The van der Waals surface area contributed by atoms with Crippen molar-refractivity contribution in [2.24, 2.45) is 0 Å². The number of rotatable bonds is 4. The average molecular weight is 323 g/mol. The van der Waals surface area contributed by atoms with Gasteiger partial charge in [0.25, 0.3) is 0 Å². The molecule has 1 aromatic carbocycles. The summed E-state index contributed by atoms with van der Waals surface area (Å²) in [5.41, 5.74) is 6.44. The van der Waals surface area contributed by atoms with Crippen molar-refractivity contribution in [3.63, 3.8) is 0 Å². The molecule has 0 atom stereocenters. The summed E-state index contributed by atoms with van der Waals surface area (Å²) in [7, 11) is 0. The number of benzene rings is 1. The highest BCUT2D eigenvalue weighted by Gasteiger charge is 2.30. The monoisotopic (exact) mass is 322 g/mol. The first kappa shape index (κ1) is 15.3. The number of halogens is 1. The summed E-state index contributed by atoms with van der Waals surface area (Å²) in [4.78, 5) is 12.5. The predicted octanol–water partition coefficient (Wildman–Crippen LogP) is 2.75. The van der Waals surface area contributed by atoms with Crippen LogP contribution in [0, 0.1) is 0 Å². The van der Waals surface area contributed by atoms with Crippen molar-refractivity contribution in [3.8, 4) is 0 Å². The zero-order valence-corrected chi connectivity index (χ0v) is 12.9. The molecule has 1 saturated heterocycles. The molecule has 22 heavy (non-hydrogen) atoms. The summed E-state index contributed by atoms with van der Waals surface area (Å²) in [6.45, 7) is 1.56. The van der Waals surface area contributed by atoms with Crippen LogP contribution in [0.1, 0.15) is 36.0 Å². The van der Waals surface area contributed by atoms with Crippen molar-refractivity contribution in [2.45, 2.75) is 31.3 Å². The Morgan fingerprint density at radius 2 is 2.18 bits per heavy atom. The van der Waals surface area contributed by atoms with E-state index in [9.17, 15) is 9.90 Å². The molecular weight excluding hydrogens is 304 g/mol. The fraction of sp³-hybridized carbons (Fsp3) is 0.438. The number of fused-ring (bicyclic) bond motifs is 1. The summed E-state index contributed by atoms with van der Waals surface area (Å²) in [5, 5.41) is 14.7. The van der Waals surface area contributed by atoms with Crippen LogP contribution in [0.25, 0.3) is 11.0 Å². The van der Waals surface area contributed by atoms with Gasteiger partial charge in [0, 0.05) is 11.8 Å². The second-order valence-corrected chi connectivity index (χ2v) is 6.29. The Labute approximate surface area is 133 Å². The number of hydrogen-bond donors (Lipinski definition) is 3. The number of carbonyl (C=O) groups is 1. The van der Waals surface area contributed by atoms with Crippen molar-refractivity contribution in [1.29, 1.82) is 0 Å². The van der Waals surface area contributed by atoms with Crippen LogP contribution in [-0.4, -0.2) is 29.6 Å². The molecule has 0 amide bonds. The first-order chi connectivity index (χ1) is 10.5. The van der Waals surface area contributed by atoms with Crippen LogP contribution in [0.4, 0.5) is 5.69 Å². The molecule has 0 saturated carbocycles. The average Bonchev–Trinajstić information content (AvgIpc) is 2.99. The quantitative estimate of drug-likeness (QED) is 0.595. The Kier molecular flexibility index (Phi) is 4.12. The number of ketones is 1. The summed E-state index contributed by atoms with van der Waals surface area (Å²) >= 11 is 6.09. The standard InChI is InChI=1S/C16H19ClN2O3/c17-12-9-11(15-10(14(12)18)2-8-22-15)13(20)1-3-16(21)4-6-19-7-5-16/h2,8-9,19,21H,1,3-7,18H2. The molecule has 1 aromatic heterocycles. The highest BCUT2D eigenvalue weighted by atomic mass is 35.5. The predicted molar refractivity (Wildman–Crippen MR) is 86.3 cm³/mol. The minimum Gasteiger partial charge on any atom is -0.463 e. The minimum atomic E-state index is -0.763. The van der Waals surface area contributed by atoms with Crippen LogP contribution in [0.3, 0.4) is 0 Å². The number of piperidine rings is 1. The van der Waals surface area contributed by atoms with Crippen LogP contribution in [0.2, 0.25) is 5.02 Å². The van der Waals surface area contributed by atoms with E-state index >= 15 is 0 Å². The van der Waals surface area contributed by atoms with E-state index in [-0.39, 0.29) is 12.2 Å². The molecule has 5 nitrogen and oxygen atoms in total. The van der Waals surface area contributed by atoms with Gasteiger partial charge in [-0.05, 0) is 44.5 Å². The summed E-state index contributed by atoms with van der Waals surface area (Å²) in [6, 6.07) is 3.26. The molecule has 0 bridgehead atoms. The molecule has 1 fully saturated rings. The minimum absolute atomic E-state index is 0.0891. The fourth-order valence-corrected chi connectivity index (χ4v) is 3.17. The van der Waals surface area contributed by atoms with Gasteiger partial charge in [0.1, 0.15) is 5.58 Å². The van der Waals surface area contributed by atoms with E-state index in [0.29, 0.717) is 46.5 Å². The van der Waals surface area contributed by atoms with Crippen LogP contribution in [0.5, 0.6) is 0 Å². The molecule has 1 aliphatic rings. The number of nitrogens with two attached hydrogens (primary N) is 1. The zero-order chi connectivity index (χ0) is 15.7. The van der Waals surface area contributed by atoms with E-state index in [1.54, 1.807) is 12.1 Å². The number of aliphatic hydroxyl groups is 1. The number of furan rings is 1. The lowest BCUT2D eigenvalue weighted by Crippen LogP contribution is -2.42. The van der Waals surface area contributed by atoms with E-state index in [4.69, 9.17) is 21.8 Å². The third-order valence-corrected chi connectivity index (χ3v) is 4.69. The van der Waals surface area contributed by atoms with Crippen molar-refractivity contribution in [3.05, 3.63) is 29.0 Å². The summed E-state index contributed by atoms with van der Waals surface area (Å²) in [5.74, 6) is -0.0891. The maximum atomic E-state index is 12.5. The first-order valence-corrected chi connectivity index (χ1v) is 7.79. The van der Waals surface area contributed by atoms with Gasteiger partial charge in [-0.25, -0.2) is 0 Å². The van der Waals surface area contributed by atoms with E-state index in [0.717, 1.165) is 13.1 Å². The fourth-order valence-electron chi connectivity index (χ4n) is 2.96. The second-order valence-electron chi connectivity index (χ2n) is 5.88. The van der Waals surface area contributed by atoms with E-state index in [2.05, 4.69) is 5.32 Å². The molecule has 2 heterocycles. The summed E-state index contributed by atoms with van der Waals surface area (Å²) in [6.07, 6.45) is 3.52. The molecule has 6 heteroatoms. The molecule has 0 spiro atoms. The lowest BCUT2D eigenvalue weighted by atomic mass is 9.86. The van der Waals surface area contributed by atoms with Gasteiger partial charge in [0.05, 0.1) is 28.1 Å². The van der Waals surface area contributed by atoms with Crippen LogP contribution >= 0.6 is 11.6 Å². The maximum absolute atomic E-state index is 12.5. The Hall–Kier alpha value is -1.56. The third-order valence-electron chi connectivity index (χ3n) is 4.38. The normalized spacial score (nSPS) is 17.7. The Morgan fingerprint density at radius 3 is 2.91 bits per heavy atom. The van der Waals surface area contributed by atoms with E-state index < -0.39 is 5.60 Å². The van der Waals surface area contributed by atoms with Crippen LogP contribution in [-0.2, 0) is 0 Å². The lowest BCUT2D eigenvalue weighted by Gasteiger charge is -2.32. The summed E-state index contributed by atoms with van der Waals surface area (Å²) < 4.78 is 5.39. The van der Waals surface area contributed by atoms with Crippen molar-refractivity contribution < 1.29 is 14.3 Å². The van der Waals surface area contributed by atoms with Gasteiger partial charge >= 0.3 is 0 Å². The zero-order valence-electron chi connectivity index (χ0n) is 12.2. The molecule has 4 N–H and O–H groups in total. The highest BCUT2D eigenvalue weighted by molar-refractivity contribution is 6.35. The van der Waals surface area contributed by atoms with Gasteiger partial charge in [-0.1, -0.05) is 11.6 Å². The van der Waals surface area contributed by atoms with E-state index in [1.807, 2.05) is 0 Å². The number of anilines is 1. The second kappa shape index (κ2) is 5.91. The number of Topliss-reactive ketones (excluding diaryl/α,β-unsaturated/α-hetero) is 1. The largest absolute Gasteiger partial charge is 0.463 e. The SMILES string of the molecule is Nc1c(Cl)cc(C(=O)CCC2(O)CCNCC2)c2occc12. The van der Waals surface area contributed by atoms with Crippen LogP contribution < -0.4 is 11.1 Å². The van der Waals surface area contributed by atoms with Crippen LogP contribution in [0.15, 0.2) is 22.8 Å². The van der Waals surface area contributed by atoms with Gasteiger partial charge < -0.3 is 20.6 Å². The first-order valence-electron chi connectivity index (χ1n) is 7.42. The third kappa shape index (κ3) is 2.84. The highest BCUT2D eigenvalue weighted by Crippen LogP contribution is 2.34. The van der Waals surface area contributed by atoms with Crippen molar-refractivity contribution in [1.82, 2.24) is 5.32 Å². The maximum Gasteiger partial charge on any atom is 0.166 e. The Balaban J connectivity index is 1.81. The smallest absolute Gasteiger partial charge is 0.166 e. The lowest BCUT2D eigenvalue weighted by molar-refractivity contribution is 0.00148. The van der Waals surface area contributed by atoms with Crippen molar-refractivity contribution >= 4 is 34.0 Å².